The average molecular weight is 306 g/mol. The van der Waals surface area contributed by atoms with Crippen molar-refractivity contribution in [3.05, 3.63) is 29.3 Å². The maximum atomic E-state index is 11.7. The van der Waals surface area contributed by atoms with E-state index >= 15 is 0 Å². The number of amides is 1. The third-order valence-electron chi connectivity index (χ3n) is 5.10. The van der Waals surface area contributed by atoms with Gasteiger partial charge in [-0.1, -0.05) is 44.2 Å². The summed E-state index contributed by atoms with van der Waals surface area (Å²) in [5.41, 5.74) is 3.34. The van der Waals surface area contributed by atoms with E-state index in [1.54, 1.807) is 4.90 Å². The Hall–Kier alpha value is -1.02. The summed E-state index contributed by atoms with van der Waals surface area (Å²) in [5, 5.41) is 0.0817. The molecule has 21 heavy (non-hydrogen) atoms. The number of likely N-dealkylation sites (N-methyl/N-ethyl adjacent to an activating group) is 1. The van der Waals surface area contributed by atoms with Crippen molar-refractivity contribution in [1.82, 2.24) is 0 Å². The number of hydrogen-bond donors (Lipinski definition) is 0. The molecule has 1 aromatic rings. The first kappa shape index (κ1) is 14.9. The van der Waals surface area contributed by atoms with Crippen LogP contribution in [0.4, 0.5) is 5.69 Å². The van der Waals surface area contributed by atoms with Crippen LogP contribution < -0.4 is 4.90 Å². The van der Waals surface area contributed by atoms with Crippen molar-refractivity contribution < 1.29 is 4.79 Å². The second-order valence-corrected chi connectivity index (χ2v) is 7.09. The van der Waals surface area contributed by atoms with Gasteiger partial charge in [0.1, 0.15) is 0 Å². The first-order valence-corrected chi connectivity index (χ1v) is 8.62. The van der Waals surface area contributed by atoms with Crippen molar-refractivity contribution in [1.29, 1.82) is 0 Å². The lowest BCUT2D eigenvalue weighted by molar-refractivity contribution is -0.117. The average Bonchev–Trinajstić information content (AvgIpc) is 2.80. The van der Waals surface area contributed by atoms with Gasteiger partial charge in [0.2, 0.25) is 5.91 Å². The molecule has 1 amide bonds. The highest BCUT2D eigenvalue weighted by Crippen LogP contribution is 2.36. The lowest BCUT2D eigenvalue weighted by atomic mass is 9.85. The van der Waals surface area contributed by atoms with Crippen molar-refractivity contribution in [3.63, 3.8) is 0 Å². The van der Waals surface area contributed by atoms with E-state index in [1.165, 1.54) is 44.1 Å². The molecule has 1 saturated carbocycles. The maximum absolute atomic E-state index is 11.7. The predicted molar refractivity (Wildman–Crippen MR) is 88.0 cm³/mol. The van der Waals surface area contributed by atoms with Gasteiger partial charge in [0.15, 0.2) is 0 Å². The Morgan fingerprint density at radius 2 is 2.05 bits per heavy atom. The molecular formula is C18H24ClNO. The highest BCUT2D eigenvalue weighted by atomic mass is 35.5. The fourth-order valence-corrected chi connectivity index (χ4v) is 3.97. The number of alkyl halides is 1. The summed E-state index contributed by atoms with van der Waals surface area (Å²) in [4.78, 5) is 13.5. The van der Waals surface area contributed by atoms with E-state index in [0.29, 0.717) is 6.42 Å². The van der Waals surface area contributed by atoms with E-state index in [-0.39, 0.29) is 11.3 Å². The summed E-state index contributed by atoms with van der Waals surface area (Å²) in [7, 11) is 1.84. The summed E-state index contributed by atoms with van der Waals surface area (Å²) < 4.78 is 0. The molecule has 1 aliphatic heterocycles. The quantitative estimate of drug-likeness (QED) is 0.728. The van der Waals surface area contributed by atoms with E-state index in [1.807, 2.05) is 13.1 Å². The molecule has 1 atom stereocenters. The summed E-state index contributed by atoms with van der Waals surface area (Å²) in [6.07, 6.45) is 9.77. The standard InChI is InChI=1S/C18H24ClNO/c1-20-17-10-8-14(11-15(17)12-18(20)21)16(19)9-7-13-5-3-2-4-6-13/h8,10-11,13,16H,2-7,9,12H2,1H3. The van der Waals surface area contributed by atoms with Gasteiger partial charge >= 0.3 is 0 Å². The van der Waals surface area contributed by atoms with Crippen LogP contribution in [0.2, 0.25) is 0 Å². The van der Waals surface area contributed by atoms with Crippen molar-refractivity contribution in [3.8, 4) is 0 Å². The van der Waals surface area contributed by atoms with Gasteiger partial charge < -0.3 is 4.90 Å². The minimum atomic E-state index is 0.0817. The third kappa shape index (κ3) is 3.26. The fraction of sp³-hybridized carbons (Fsp3) is 0.611. The number of hydrogen-bond acceptors (Lipinski definition) is 1. The van der Waals surface area contributed by atoms with Crippen LogP contribution in [0.15, 0.2) is 18.2 Å². The molecule has 1 aliphatic carbocycles. The van der Waals surface area contributed by atoms with Crippen molar-refractivity contribution in [2.45, 2.75) is 56.7 Å². The predicted octanol–water partition coefficient (Wildman–Crippen LogP) is 4.85. The highest BCUT2D eigenvalue weighted by Gasteiger charge is 2.25. The maximum Gasteiger partial charge on any atom is 0.231 e. The van der Waals surface area contributed by atoms with Crippen LogP contribution >= 0.6 is 11.6 Å². The SMILES string of the molecule is CN1C(=O)Cc2cc(C(Cl)CCC3CCCCC3)ccc21. The molecule has 3 heteroatoms. The van der Waals surface area contributed by atoms with E-state index in [4.69, 9.17) is 11.6 Å². The van der Waals surface area contributed by atoms with Crippen LogP contribution in [-0.4, -0.2) is 13.0 Å². The molecule has 0 spiro atoms. The molecule has 2 aliphatic rings. The normalized spacial score (nSPS) is 20.7. The number of rotatable bonds is 4. The van der Waals surface area contributed by atoms with E-state index < -0.39 is 0 Å². The van der Waals surface area contributed by atoms with Gasteiger partial charge in [-0.05, 0) is 36.0 Å². The van der Waals surface area contributed by atoms with Gasteiger partial charge in [-0.15, -0.1) is 11.6 Å². The van der Waals surface area contributed by atoms with Crippen molar-refractivity contribution in [2.75, 3.05) is 11.9 Å². The zero-order chi connectivity index (χ0) is 14.8. The largest absolute Gasteiger partial charge is 0.315 e. The number of halogens is 1. The van der Waals surface area contributed by atoms with Gasteiger partial charge in [-0.25, -0.2) is 0 Å². The Morgan fingerprint density at radius 3 is 2.81 bits per heavy atom. The van der Waals surface area contributed by atoms with Crippen LogP contribution in [0.3, 0.4) is 0 Å². The van der Waals surface area contributed by atoms with E-state index in [2.05, 4.69) is 12.1 Å². The molecule has 0 N–H and O–H groups in total. The smallest absolute Gasteiger partial charge is 0.231 e. The number of fused-ring (bicyclic) bond motifs is 1. The van der Waals surface area contributed by atoms with Gasteiger partial charge in [-0.2, -0.15) is 0 Å². The molecule has 1 aromatic carbocycles. The Kier molecular flexibility index (Phi) is 4.54. The lowest BCUT2D eigenvalue weighted by Gasteiger charge is -2.22. The van der Waals surface area contributed by atoms with Crippen LogP contribution in [0.5, 0.6) is 0 Å². The van der Waals surface area contributed by atoms with Crippen LogP contribution in [-0.2, 0) is 11.2 Å². The molecule has 0 saturated heterocycles. The molecule has 3 rings (SSSR count). The molecule has 1 heterocycles. The monoisotopic (exact) mass is 305 g/mol. The molecule has 1 unspecified atom stereocenters. The van der Waals surface area contributed by atoms with Crippen LogP contribution in [0, 0.1) is 5.92 Å². The Bertz CT molecular complexity index is 522. The zero-order valence-electron chi connectivity index (χ0n) is 12.8. The number of nitrogens with zero attached hydrogens (tertiary/aromatic N) is 1. The molecule has 114 valence electrons. The number of carbonyl (C=O) groups excluding carboxylic acids is 1. The fourth-order valence-electron chi connectivity index (χ4n) is 3.71. The van der Waals surface area contributed by atoms with Gasteiger partial charge in [-0.3, -0.25) is 4.79 Å². The summed E-state index contributed by atoms with van der Waals surface area (Å²) in [6.45, 7) is 0. The molecular weight excluding hydrogens is 282 g/mol. The molecule has 0 aromatic heterocycles. The minimum absolute atomic E-state index is 0.0817. The Balaban J connectivity index is 1.61. The summed E-state index contributed by atoms with van der Waals surface area (Å²) >= 11 is 6.60. The van der Waals surface area contributed by atoms with Crippen molar-refractivity contribution >= 4 is 23.2 Å². The molecule has 0 bridgehead atoms. The number of benzene rings is 1. The first-order valence-electron chi connectivity index (χ1n) is 8.18. The molecule has 1 fully saturated rings. The molecule has 0 radical (unpaired) electrons. The van der Waals surface area contributed by atoms with Crippen LogP contribution in [0.25, 0.3) is 0 Å². The Morgan fingerprint density at radius 1 is 1.29 bits per heavy atom. The van der Waals surface area contributed by atoms with Gasteiger partial charge in [0.05, 0.1) is 11.8 Å². The van der Waals surface area contributed by atoms with Gasteiger partial charge in [0, 0.05) is 12.7 Å². The van der Waals surface area contributed by atoms with E-state index in [0.717, 1.165) is 23.6 Å². The third-order valence-corrected chi connectivity index (χ3v) is 5.57. The first-order chi connectivity index (χ1) is 10.1. The number of carbonyl (C=O) groups is 1. The second-order valence-electron chi connectivity index (χ2n) is 6.57. The number of anilines is 1. The van der Waals surface area contributed by atoms with Crippen molar-refractivity contribution in [2.24, 2.45) is 5.92 Å². The topological polar surface area (TPSA) is 20.3 Å². The molecule has 2 nitrogen and oxygen atoms in total. The highest BCUT2D eigenvalue weighted by molar-refractivity contribution is 6.20. The van der Waals surface area contributed by atoms with Crippen LogP contribution in [0.1, 0.15) is 61.4 Å². The Labute approximate surface area is 132 Å². The van der Waals surface area contributed by atoms with Gasteiger partial charge in [0.25, 0.3) is 0 Å². The van der Waals surface area contributed by atoms with E-state index in [9.17, 15) is 4.79 Å². The zero-order valence-corrected chi connectivity index (χ0v) is 13.5. The second kappa shape index (κ2) is 6.39. The lowest BCUT2D eigenvalue weighted by Crippen LogP contribution is -2.20. The summed E-state index contributed by atoms with van der Waals surface area (Å²) in [5.74, 6) is 1.05. The minimum Gasteiger partial charge on any atom is -0.315 e. The summed E-state index contributed by atoms with van der Waals surface area (Å²) in [6, 6.07) is 6.27.